The van der Waals surface area contributed by atoms with Crippen molar-refractivity contribution in [2.24, 2.45) is 5.92 Å². The Morgan fingerprint density at radius 2 is 1.63 bits per heavy atom. The van der Waals surface area contributed by atoms with Crippen molar-refractivity contribution < 1.29 is 43.2 Å². The van der Waals surface area contributed by atoms with Crippen molar-refractivity contribution in [1.29, 1.82) is 0 Å². The number of benzene rings is 2. The standard InChI is InChI=1S/C33H45N3O10/c1-4-6-14-34(15-7-5-2)30(37)22-35-21-27(25-10-13-28-29(20-25)45-23-44-28)31(32(35)24-8-11-26(41-3)12-9-24)33(38)43-18-16-42-17-19-46-36(39)40/h8-13,20,27,31-32H,4-7,14-19,21-23H2,1-3H3/t27-,31-,32+/m1/s1. The topological polar surface area (TPSA) is 139 Å². The molecule has 2 aromatic carbocycles. The van der Waals surface area contributed by atoms with E-state index in [1.807, 2.05) is 47.4 Å². The van der Waals surface area contributed by atoms with Crippen LogP contribution in [-0.4, -0.2) is 93.3 Å². The van der Waals surface area contributed by atoms with Crippen LogP contribution in [0.5, 0.6) is 17.2 Å². The summed E-state index contributed by atoms with van der Waals surface area (Å²) in [6.45, 7) is 6.10. The minimum Gasteiger partial charge on any atom is -0.497 e. The Kier molecular flexibility index (Phi) is 13.3. The second kappa shape index (κ2) is 17.6. The SMILES string of the molecule is CCCCN(CCCC)C(=O)CN1C[C@H](c2ccc3c(c2)OCO3)[C@@H](C(=O)OCCOCCO[N+](=O)[O-])[C@@H]1c1ccc(OC)cc1. The molecule has 0 aromatic heterocycles. The first kappa shape index (κ1) is 34.8. The number of ether oxygens (including phenoxy) is 5. The molecule has 0 unspecified atom stereocenters. The summed E-state index contributed by atoms with van der Waals surface area (Å²) in [5, 5.41) is 9.46. The fourth-order valence-corrected chi connectivity index (χ4v) is 5.96. The van der Waals surface area contributed by atoms with E-state index < -0.39 is 23.0 Å². The average Bonchev–Trinajstić information content (AvgIpc) is 3.68. The maximum Gasteiger partial charge on any atom is 0.311 e. The summed E-state index contributed by atoms with van der Waals surface area (Å²) in [5.74, 6) is 0.534. The summed E-state index contributed by atoms with van der Waals surface area (Å²) in [5.41, 5.74) is 1.74. The summed E-state index contributed by atoms with van der Waals surface area (Å²) in [6, 6.07) is 12.8. The van der Waals surface area contributed by atoms with Crippen LogP contribution < -0.4 is 14.2 Å². The average molecular weight is 644 g/mol. The van der Waals surface area contributed by atoms with Gasteiger partial charge in [0.1, 0.15) is 19.0 Å². The van der Waals surface area contributed by atoms with Gasteiger partial charge in [0.25, 0.3) is 5.09 Å². The molecule has 0 spiro atoms. The lowest BCUT2D eigenvalue weighted by atomic mass is 9.82. The highest BCUT2D eigenvalue weighted by molar-refractivity contribution is 5.80. The fraction of sp³-hybridized carbons (Fsp3) is 0.576. The van der Waals surface area contributed by atoms with Crippen molar-refractivity contribution in [3.63, 3.8) is 0 Å². The Labute approximate surface area is 269 Å². The molecule has 3 atom stereocenters. The molecule has 1 amide bonds. The Bertz CT molecular complexity index is 1280. The normalized spacial score (nSPS) is 18.7. The Morgan fingerprint density at radius 1 is 0.957 bits per heavy atom. The Balaban J connectivity index is 1.62. The molecule has 252 valence electrons. The second-order valence-corrected chi connectivity index (χ2v) is 11.3. The molecule has 0 aliphatic carbocycles. The molecular formula is C33H45N3O10. The molecule has 13 heteroatoms. The molecule has 2 aromatic rings. The lowest BCUT2D eigenvalue weighted by Crippen LogP contribution is -2.42. The van der Waals surface area contributed by atoms with Gasteiger partial charge in [-0.05, 0) is 48.2 Å². The number of fused-ring (bicyclic) bond motifs is 1. The number of unbranched alkanes of at least 4 members (excludes halogenated alkanes) is 2. The van der Waals surface area contributed by atoms with E-state index in [9.17, 15) is 19.7 Å². The van der Waals surface area contributed by atoms with Crippen molar-refractivity contribution in [3.8, 4) is 17.2 Å². The largest absolute Gasteiger partial charge is 0.497 e. The van der Waals surface area contributed by atoms with E-state index in [0.29, 0.717) is 36.9 Å². The van der Waals surface area contributed by atoms with Gasteiger partial charge in [0.15, 0.2) is 11.5 Å². The predicted octanol–water partition coefficient (Wildman–Crippen LogP) is 4.38. The third kappa shape index (κ3) is 9.23. The van der Waals surface area contributed by atoms with E-state index in [0.717, 1.165) is 36.8 Å². The van der Waals surface area contributed by atoms with E-state index in [4.69, 9.17) is 23.7 Å². The summed E-state index contributed by atoms with van der Waals surface area (Å²) >= 11 is 0. The minimum absolute atomic E-state index is 0.0152. The van der Waals surface area contributed by atoms with Crippen LogP contribution in [-0.2, 0) is 23.9 Å². The first-order valence-electron chi connectivity index (χ1n) is 15.9. The first-order chi connectivity index (χ1) is 22.4. The lowest BCUT2D eigenvalue weighted by Gasteiger charge is -2.30. The number of esters is 1. The quantitative estimate of drug-likeness (QED) is 0.0933. The van der Waals surface area contributed by atoms with Gasteiger partial charge in [-0.2, -0.15) is 0 Å². The van der Waals surface area contributed by atoms with Gasteiger partial charge >= 0.3 is 5.97 Å². The zero-order chi connectivity index (χ0) is 32.9. The highest BCUT2D eigenvalue weighted by Gasteiger charge is 2.49. The number of hydrogen-bond donors (Lipinski definition) is 0. The van der Waals surface area contributed by atoms with Gasteiger partial charge < -0.3 is 33.4 Å². The summed E-state index contributed by atoms with van der Waals surface area (Å²) in [6.07, 6.45) is 3.82. The predicted molar refractivity (Wildman–Crippen MR) is 167 cm³/mol. The van der Waals surface area contributed by atoms with Gasteiger partial charge in [0.05, 0.1) is 32.8 Å². The van der Waals surface area contributed by atoms with Crippen LogP contribution in [0.15, 0.2) is 42.5 Å². The van der Waals surface area contributed by atoms with Gasteiger partial charge in [-0.25, -0.2) is 0 Å². The maximum atomic E-state index is 14.0. The summed E-state index contributed by atoms with van der Waals surface area (Å²) in [4.78, 5) is 46.5. The molecule has 2 aliphatic heterocycles. The van der Waals surface area contributed by atoms with Crippen LogP contribution in [0.25, 0.3) is 0 Å². The highest BCUT2D eigenvalue weighted by atomic mass is 17.0. The van der Waals surface area contributed by atoms with Crippen LogP contribution in [0, 0.1) is 16.0 Å². The molecule has 2 heterocycles. The van der Waals surface area contributed by atoms with E-state index in [-0.39, 0.29) is 51.6 Å². The highest BCUT2D eigenvalue weighted by Crippen LogP contribution is 2.48. The molecule has 1 fully saturated rings. The summed E-state index contributed by atoms with van der Waals surface area (Å²) in [7, 11) is 1.60. The van der Waals surface area contributed by atoms with Gasteiger partial charge in [0.2, 0.25) is 12.7 Å². The molecule has 13 nitrogen and oxygen atoms in total. The first-order valence-corrected chi connectivity index (χ1v) is 15.9. The monoisotopic (exact) mass is 643 g/mol. The van der Waals surface area contributed by atoms with Gasteiger partial charge in [-0.3, -0.25) is 14.5 Å². The van der Waals surface area contributed by atoms with Crippen LogP contribution in [0.3, 0.4) is 0 Å². The van der Waals surface area contributed by atoms with Crippen LogP contribution >= 0.6 is 0 Å². The van der Waals surface area contributed by atoms with Crippen molar-refractivity contribution in [3.05, 3.63) is 63.7 Å². The smallest absolute Gasteiger partial charge is 0.311 e. The number of methoxy groups -OCH3 is 1. The number of likely N-dealkylation sites (tertiary alicyclic amines) is 1. The number of hydrogen-bond acceptors (Lipinski definition) is 11. The van der Waals surface area contributed by atoms with E-state index in [2.05, 4.69) is 23.6 Å². The van der Waals surface area contributed by atoms with Gasteiger partial charge in [-0.15, -0.1) is 10.1 Å². The summed E-state index contributed by atoms with van der Waals surface area (Å²) < 4.78 is 27.7. The Hall–Kier alpha value is -4.10. The maximum absolute atomic E-state index is 14.0. The fourth-order valence-electron chi connectivity index (χ4n) is 5.96. The molecule has 0 N–H and O–H groups in total. The molecule has 4 rings (SSSR count). The van der Waals surface area contributed by atoms with Crippen LogP contribution in [0.2, 0.25) is 0 Å². The molecule has 0 radical (unpaired) electrons. The molecule has 2 aliphatic rings. The number of nitrogens with zero attached hydrogens (tertiary/aromatic N) is 3. The van der Waals surface area contributed by atoms with Crippen molar-refractivity contribution in [2.75, 3.05) is 66.5 Å². The van der Waals surface area contributed by atoms with Crippen LogP contribution in [0.4, 0.5) is 0 Å². The zero-order valence-corrected chi connectivity index (χ0v) is 26.9. The number of carbonyl (C=O) groups is 2. The lowest BCUT2D eigenvalue weighted by molar-refractivity contribution is -0.758. The van der Waals surface area contributed by atoms with Crippen molar-refractivity contribution in [2.45, 2.75) is 51.5 Å². The third-order valence-corrected chi connectivity index (χ3v) is 8.30. The second-order valence-electron chi connectivity index (χ2n) is 11.3. The van der Waals surface area contributed by atoms with Gasteiger partial charge in [0, 0.05) is 31.6 Å². The van der Waals surface area contributed by atoms with Crippen LogP contribution in [0.1, 0.15) is 62.6 Å². The Morgan fingerprint density at radius 3 is 2.30 bits per heavy atom. The number of carbonyl (C=O) groups excluding carboxylic acids is 2. The molecular weight excluding hydrogens is 598 g/mol. The van der Waals surface area contributed by atoms with Crippen molar-refractivity contribution in [1.82, 2.24) is 9.80 Å². The molecule has 46 heavy (non-hydrogen) atoms. The number of rotatable bonds is 19. The molecule has 1 saturated heterocycles. The minimum atomic E-state index is -0.887. The van der Waals surface area contributed by atoms with E-state index in [1.54, 1.807) is 7.11 Å². The van der Waals surface area contributed by atoms with Gasteiger partial charge in [-0.1, -0.05) is 44.9 Å². The molecule has 0 bridgehead atoms. The van der Waals surface area contributed by atoms with E-state index in [1.165, 1.54) is 0 Å². The zero-order valence-electron chi connectivity index (χ0n) is 26.9. The number of amides is 1. The van der Waals surface area contributed by atoms with Crippen molar-refractivity contribution >= 4 is 11.9 Å². The molecule has 0 saturated carbocycles. The third-order valence-electron chi connectivity index (χ3n) is 8.30. The van der Waals surface area contributed by atoms with E-state index >= 15 is 0 Å².